The van der Waals surface area contributed by atoms with Crippen LogP contribution >= 0.6 is 11.8 Å². The lowest BCUT2D eigenvalue weighted by atomic mass is 9.94. The van der Waals surface area contributed by atoms with Crippen LogP contribution < -0.4 is 10.6 Å². The summed E-state index contributed by atoms with van der Waals surface area (Å²) in [5, 5.41) is 6.99. The van der Waals surface area contributed by atoms with Crippen molar-refractivity contribution in [1.29, 1.82) is 0 Å². The number of ether oxygens (including phenoxy) is 1. The van der Waals surface area contributed by atoms with Crippen LogP contribution in [0.3, 0.4) is 0 Å². The van der Waals surface area contributed by atoms with Gasteiger partial charge in [0.25, 0.3) is 0 Å². The molecule has 33 heavy (non-hydrogen) atoms. The number of carbonyl (C=O) groups is 2. The molecule has 2 amide bonds. The lowest BCUT2D eigenvalue weighted by molar-refractivity contribution is -0.143. The third-order valence-electron chi connectivity index (χ3n) is 6.25. The van der Waals surface area contributed by atoms with Crippen molar-refractivity contribution in [3.8, 4) is 0 Å². The number of fused-ring (bicyclic) bond motifs is 1. The normalized spacial score (nSPS) is 21.4. The first-order valence-electron chi connectivity index (χ1n) is 12.0. The molecule has 4 rings (SSSR count). The summed E-state index contributed by atoms with van der Waals surface area (Å²) >= 11 is 1.73. The van der Waals surface area contributed by atoms with Crippen molar-refractivity contribution in [3.05, 3.63) is 41.1 Å². The fourth-order valence-corrected chi connectivity index (χ4v) is 5.72. The summed E-state index contributed by atoms with van der Waals surface area (Å²) in [6, 6.07) is 7.63. The van der Waals surface area contributed by atoms with Crippen LogP contribution in [-0.4, -0.2) is 46.5 Å². The second-order valence-corrected chi connectivity index (χ2v) is 10.3. The number of hydrogen-bond acceptors (Lipinski definition) is 6. The van der Waals surface area contributed by atoms with Gasteiger partial charge in [0.1, 0.15) is 0 Å². The Morgan fingerprint density at radius 3 is 2.55 bits per heavy atom. The van der Waals surface area contributed by atoms with Crippen molar-refractivity contribution in [2.24, 2.45) is 4.99 Å². The number of rotatable bonds is 5. The molecule has 0 bridgehead atoms. The maximum Gasteiger partial charge on any atom is 0.338 e. The molecule has 1 aromatic rings. The number of thioether (sulfide) groups is 1. The van der Waals surface area contributed by atoms with Gasteiger partial charge in [-0.25, -0.2) is 14.6 Å². The molecule has 3 aliphatic rings. The number of amidine groups is 1. The van der Waals surface area contributed by atoms with E-state index in [-0.39, 0.29) is 30.2 Å². The van der Waals surface area contributed by atoms with Crippen LogP contribution in [0, 0.1) is 0 Å². The molecule has 0 aromatic heterocycles. The van der Waals surface area contributed by atoms with Gasteiger partial charge in [0.05, 0.1) is 23.4 Å². The SMILES string of the molecule is CC1=C(C(=O)OC(C)C)C(c2ccc(NC(=O)NC3CCCCC3)cc2)N2CCCSC2=N1. The maximum absolute atomic E-state index is 13.0. The summed E-state index contributed by atoms with van der Waals surface area (Å²) in [4.78, 5) is 32.4. The van der Waals surface area contributed by atoms with Gasteiger partial charge in [-0.2, -0.15) is 0 Å². The monoisotopic (exact) mass is 470 g/mol. The quantitative estimate of drug-likeness (QED) is 0.577. The maximum atomic E-state index is 13.0. The number of esters is 1. The first-order valence-corrected chi connectivity index (χ1v) is 13.0. The van der Waals surface area contributed by atoms with Crippen molar-refractivity contribution < 1.29 is 14.3 Å². The van der Waals surface area contributed by atoms with Gasteiger partial charge in [-0.15, -0.1) is 0 Å². The van der Waals surface area contributed by atoms with Gasteiger partial charge < -0.3 is 20.3 Å². The smallest absolute Gasteiger partial charge is 0.338 e. The third kappa shape index (κ3) is 5.72. The largest absolute Gasteiger partial charge is 0.459 e. The molecular weight excluding hydrogens is 436 g/mol. The van der Waals surface area contributed by atoms with Crippen LogP contribution in [-0.2, 0) is 9.53 Å². The summed E-state index contributed by atoms with van der Waals surface area (Å²) in [5.74, 6) is 0.708. The fourth-order valence-electron chi connectivity index (χ4n) is 4.70. The van der Waals surface area contributed by atoms with Gasteiger partial charge in [-0.1, -0.05) is 43.2 Å². The van der Waals surface area contributed by atoms with Gasteiger partial charge in [-0.05, 0) is 57.7 Å². The third-order valence-corrected chi connectivity index (χ3v) is 7.32. The summed E-state index contributed by atoms with van der Waals surface area (Å²) in [5.41, 5.74) is 3.01. The number of benzene rings is 1. The first kappa shape index (κ1) is 23.7. The van der Waals surface area contributed by atoms with Gasteiger partial charge >= 0.3 is 12.0 Å². The Bertz CT molecular complexity index is 935. The Balaban J connectivity index is 1.53. The van der Waals surface area contributed by atoms with E-state index in [0.717, 1.165) is 48.0 Å². The zero-order chi connectivity index (χ0) is 23.4. The number of allylic oxidation sites excluding steroid dienone is 1. The van der Waals surface area contributed by atoms with Crippen molar-refractivity contribution in [2.45, 2.75) is 77.5 Å². The minimum absolute atomic E-state index is 0.161. The van der Waals surface area contributed by atoms with Crippen molar-refractivity contribution >= 4 is 34.6 Å². The molecule has 0 spiro atoms. The van der Waals surface area contributed by atoms with Crippen molar-refractivity contribution in [2.75, 3.05) is 17.6 Å². The summed E-state index contributed by atoms with van der Waals surface area (Å²) in [6.07, 6.45) is 6.54. The summed E-state index contributed by atoms with van der Waals surface area (Å²) < 4.78 is 5.58. The summed E-state index contributed by atoms with van der Waals surface area (Å²) in [7, 11) is 0. The van der Waals surface area contributed by atoms with Crippen LogP contribution in [0.1, 0.15) is 70.9 Å². The van der Waals surface area contributed by atoms with Crippen LogP contribution in [0.5, 0.6) is 0 Å². The molecule has 1 unspecified atom stereocenters. The molecule has 2 heterocycles. The molecule has 2 N–H and O–H groups in total. The molecule has 1 saturated carbocycles. The molecule has 7 nitrogen and oxygen atoms in total. The number of anilines is 1. The molecular formula is C25H34N4O3S. The minimum Gasteiger partial charge on any atom is -0.459 e. The van der Waals surface area contributed by atoms with E-state index in [9.17, 15) is 9.59 Å². The van der Waals surface area contributed by atoms with Crippen molar-refractivity contribution in [1.82, 2.24) is 10.2 Å². The number of nitrogens with zero attached hydrogens (tertiary/aromatic N) is 2. The average molecular weight is 471 g/mol. The zero-order valence-electron chi connectivity index (χ0n) is 19.7. The Morgan fingerprint density at radius 2 is 1.85 bits per heavy atom. The Labute approximate surface area is 200 Å². The van der Waals surface area contributed by atoms with E-state index >= 15 is 0 Å². The van der Waals surface area contributed by atoms with E-state index in [2.05, 4.69) is 15.5 Å². The van der Waals surface area contributed by atoms with Gasteiger partial charge in [0, 0.05) is 24.0 Å². The molecule has 1 saturated heterocycles. The fraction of sp³-hybridized carbons (Fsp3) is 0.560. The van der Waals surface area contributed by atoms with E-state index in [0.29, 0.717) is 11.3 Å². The lowest BCUT2D eigenvalue weighted by Gasteiger charge is -2.40. The van der Waals surface area contributed by atoms with Crippen LogP contribution in [0.25, 0.3) is 0 Å². The van der Waals surface area contributed by atoms with E-state index in [1.54, 1.807) is 11.8 Å². The van der Waals surface area contributed by atoms with E-state index < -0.39 is 0 Å². The molecule has 0 radical (unpaired) electrons. The number of aliphatic imine (C=N–C) groups is 1. The highest BCUT2D eigenvalue weighted by molar-refractivity contribution is 8.13. The van der Waals surface area contributed by atoms with Gasteiger partial charge in [0.15, 0.2) is 5.17 Å². The second kappa shape index (κ2) is 10.6. The highest BCUT2D eigenvalue weighted by atomic mass is 32.2. The van der Waals surface area contributed by atoms with Crippen LogP contribution in [0.4, 0.5) is 10.5 Å². The van der Waals surface area contributed by atoms with E-state index in [1.807, 2.05) is 45.0 Å². The predicted octanol–water partition coefficient (Wildman–Crippen LogP) is 5.22. The average Bonchev–Trinajstić information content (AvgIpc) is 2.79. The van der Waals surface area contributed by atoms with Crippen molar-refractivity contribution in [3.63, 3.8) is 0 Å². The molecule has 1 atom stereocenters. The summed E-state index contributed by atoms with van der Waals surface area (Å²) in [6.45, 7) is 6.44. The second-order valence-electron chi connectivity index (χ2n) is 9.20. The van der Waals surface area contributed by atoms with E-state index in [4.69, 9.17) is 9.73 Å². The van der Waals surface area contributed by atoms with Crippen LogP contribution in [0.15, 0.2) is 40.5 Å². The molecule has 8 heteroatoms. The lowest BCUT2D eigenvalue weighted by Crippen LogP contribution is -2.42. The van der Waals surface area contributed by atoms with Crippen LogP contribution in [0.2, 0.25) is 0 Å². The number of nitrogens with one attached hydrogen (secondary N) is 2. The minimum atomic E-state index is -0.320. The predicted molar refractivity (Wildman–Crippen MR) is 133 cm³/mol. The Hall–Kier alpha value is -2.48. The topological polar surface area (TPSA) is 83.0 Å². The van der Waals surface area contributed by atoms with Gasteiger partial charge in [-0.3, -0.25) is 0 Å². The molecule has 2 fully saturated rings. The molecule has 178 valence electrons. The molecule has 1 aliphatic carbocycles. The first-order chi connectivity index (χ1) is 15.9. The highest BCUT2D eigenvalue weighted by Crippen LogP contribution is 2.40. The zero-order valence-corrected chi connectivity index (χ0v) is 20.5. The molecule has 1 aromatic carbocycles. The Kier molecular flexibility index (Phi) is 7.63. The number of hydrogen-bond donors (Lipinski definition) is 2. The van der Waals surface area contributed by atoms with E-state index in [1.165, 1.54) is 19.3 Å². The van der Waals surface area contributed by atoms with Gasteiger partial charge in [0.2, 0.25) is 0 Å². The number of amides is 2. The Morgan fingerprint density at radius 1 is 1.12 bits per heavy atom. The molecule has 2 aliphatic heterocycles. The number of urea groups is 1. The number of carbonyl (C=O) groups excluding carboxylic acids is 2. The highest BCUT2D eigenvalue weighted by Gasteiger charge is 2.38. The standard InChI is InChI=1S/C25H34N4O3S/c1-16(2)32-23(30)21-17(3)26-25-29(14-7-15-33-25)22(21)18-10-12-20(13-11-18)28-24(31)27-19-8-5-4-6-9-19/h10-13,16,19,22H,4-9,14-15H2,1-3H3,(H2,27,28,31).